The fraction of sp³-hybridized carbons (Fsp3) is 0.100. The normalized spacial score (nSPS) is 10.1. The van der Waals surface area contributed by atoms with Crippen molar-refractivity contribution in [1.82, 2.24) is 14.8 Å². The van der Waals surface area contributed by atoms with Gasteiger partial charge in [-0.1, -0.05) is 0 Å². The number of amides is 1. The first-order valence-electron chi connectivity index (χ1n) is 4.58. The number of aryl methyl sites for hydroxylation is 1. The molecule has 6 heteroatoms. The summed E-state index contributed by atoms with van der Waals surface area (Å²) in [5, 5.41) is 6.70. The van der Waals surface area contributed by atoms with Crippen molar-refractivity contribution in [2.75, 3.05) is 5.32 Å². The van der Waals surface area contributed by atoms with Gasteiger partial charge in [-0.25, -0.2) is 4.98 Å². The summed E-state index contributed by atoms with van der Waals surface area (Å²) in [7, 11) is 1.76. The second kappa shape index (κ2) is 4.44. The largest absolute Gasteiger partial charge is 0.319 e. The zero-order valence-corrected chi connectivity index (χ0v) is 10.1. The molecule has 0 aliphatic heterocycles. The van der Waals surface area contributed by atoms with Crippen LogP contribution < -0.4 is 5.32 Å². The maximum atomic E-state index is 11.7. The maximum Gasteiger partial charge on any atom is 0.276 e. The van der Waals surface area contributed by atoms with Gasteiger partial charge in [-0.3, -0.25) is 9.48 Å². The molecule has 0 unspecified atom stereocenters. The number of nitrogens with zero attached hydrogens (tertiary/aromatic N) is 3. The Morgan fingerprint density at radius 3 is 2.81 bits per heavy atom. The van der Waals surface area contributed by atoms with Crippen molar-refractivity contribution in [3.8, 4) is 0 Å². The van der Waals surface area contributed by atoms with E-state index in [4.69, 9.17) is 0 Å². The maximum absolute atomic E-state index is 11.7. The van der Waals surface area contributed by atoms with E-state index in [9.17, 15) is 4.79 Å². The van der Waals surface area contributed by atoms with E-state index >= 15 is 0 Å². The number of rotatable bonds is 2. The number of hydrogen-bond donors (Lipinski definition) is 1. The Balaban J connectivity index is 2.10. The van der Waals surface area contributed by atoms with Gasteiger partial charge in [-0.2, -0.15) is 5.10 Å². The van der Waals surface area contributed by atoms with E-state index in [-0.39, 0.29) is 5.91 Å². The molecular formula is C10H9BrN4O. The van der Waals surface area contributed by atoms with Crippen LogP contribution >= 0.6 is 15.9 Å². The third-order valence-corrected chi connectivity index (χ3v) is 2.40. The van der Waals surface area contributed by atoms with Crippen LogP contribution in [0.1, 0.15) is 10.5 Å². The molecule has 0 aromatic carbocycles. The van der Waals surface area contributed by atoms with Gasteiger partial charge in [0.25, 0.3) is 5.91 Å². The number of nitrogens with one attached hydrogen (secondary N) is 1. The Kier molecular flexibility index (Phi) is 3.00. The summed E-state index contributed by atoms with van der Waals surface area (Å²) in [6.45, 7) is 0. The standard InChI is InChI=1S/C10H9BrN4O/c1-15-5-4-8(14-15)10(16)13-7-2-3-9(11)12-6-7/h2-6H,1H3,(H,13,16). The van der Waals surface area contributed by atoms with E-state index in [1.54, 1.807) is 42.3 Å². The van der Waals surface area contributed by atoms with Crippen LogP contribution in [0.4, 0.5) is 5.69 Å². The first kappa shape index (κ1) is 10.8. The number of carbonyl (C=O) groups is 1. The van der Waals surface area contributed by atoms with Gasteiger partial charge in [-0.15, -0.1) is 0 Å². The van der Waals surface area contributed by atoms with E-state index in [1.165, 1.54) is 0 Å². The van der Waals surface area contributed by atoms with Gasteiger partial charge in [0, 0.05) is 13.2 Å². The molecule has 16 heavy (non-hydrogen) atoms. The summed E-state index contributed by atoms with van der Waals surface area (Å²) >= 11 is 3.22. The average Bonchev–Trinajstić information content (AvgIpc) is 2.68. The number of hydrogen-bond acceptors (Lipinski definition) is 3. The zero-order chi connectivity index (χ0) is 11.5. The molecule has 0 atom stereocenters. The van der Waals surface area contributed by atoms with Crippen LogP contribution in [-0.2, 0) is 7.05 Å². The van der Waals surface area contributed by atoms with E-state index in [0.717, 1.165) is 4.60 Å². The molecule has 1 N–H and O–H groups in total. The predicted molar refractivity (Wildman–Crippen MR) is 63.1 cm³/mol. The van der Waals surface area contributed by atoms with Crippen molar-refractivity contribution in [1.29, 1.82) is 0 Å². The summed E-state index contributed by atoms with van der Waals surface area (Å²) in [6, 6.07) is 5.17. The molecule has 0 spiro atoms. The molecule has 2 heterocycles. The highest BCUT2D eigenvalue weighted by Crippen LogP contribution is 2.11. The minimum absolute atomic E-state index is 0.246. The van der Waals surface area contributed by atoms with E-state index < -0.39 is 0 Å². The van der Waals surface area contributed by atoms with Crippen LogP contribution in [0.3, 0.4) is 0 Å². The van der Waals surface area contributed by atoms with Crippen LogP contribution in [0, 0.1) is 0 Å². The van der Waals surface area contributed by atoms with Crippen molar-refractivity contribution in [2.45, 2.75) is 0 Å². The lowest BCUT2D eigenvalue weighted by atomic mass is 10.3. The molecule has 1 amide bonds. The zero-order valence-electron chi connectivity index (χ0n) is 8.51. The molecule has 5 nitrogen and oxygen atoms in total. The molecule has 0 saturated carbocycles. The van der Waals surface area contributed by atoms with Gasteiger partial charge in [0.05, 0.1) is 11.9 Å². The van der Waals surface area contributed by atoms with E-state index in [0.29, 0.717) is 11.4 Å². The fourth-order valence-corrected chi connectivity index (χ4v) is 1.42. The molecule has 0 radical (unpaired) electrons. The second-order valence-corrected chi connectivity index (χ2v) is 4.01. The number of pyridine rings is 1. The average molecular weight is 281 g/mol. The van der Waals surface area contributed by atoms with Crippen LogP contribution in [0.2, 0.25) is 0 Å². The quantitative estimate of drug-likeness (QED) is 0.854. The summed E-state index contributed by atoms with van der Waals surface area (Å²) < 4.78 is 2.30. The molecule has 0 bridgehead atoms. The highest BCUT2D eigenvalue weighted by atomic mass is 79.9. The molecule has 0 aliphatic rings. The van der Waals surface area contributed by atoms with Crippen molar-refractivity contribution in [2.24, 2.45) is 7.05 Å². The van der Waals surface area contributed by atoms with Gasteiger partial charge in [0.15, 0.2) is 5.69 Å². The molecule has 0 fully saturated rings. The molecule has 2 rings (SSSR count). The highest BCUT2D eigenvalue weighted by molar-refractivity contribution is 9.10. The lowest BCUT2D eigenvalue weighted by molar-refractivity contribution is 0.102. The smallest absolute Gasteiger partial charge is 0.276 e. The van der Waals surface area contributed by atoms with Gasteiger partial charge < -0.3 is 5.32 Å². The lowest BCUT2D eigenvalue weighted by Crippen LogP contribution is -2.13. The van der Waals surface area contributed by atoms with Crippen LogP contribution in [0.25, 0.3) is 0 Å². The number of aromatic nitrogens is 3. The lowest BCUT2D eigenvalue weighted by Gasteiger charge is -2.01. The van der Waals surface area contributed by atoms with Gasteiger partial charge >= 0.3 is 0 Å². The van der Waals surface area contributed by atoms with Crippen LogP contribution in [0.15, 0.2) is 35.2 Å². The Morgan fingerprint density at radius 1 is 1.44 bits per heavy atom. The number of carbonyl (C=O) groups excluding carboxylic acids is 1. The molecule has 0 saturated heterocycles. The number of halogens is 1. The van der Waals surface area contributed by atoms with Gasteiger partial charge in [0.2, 0.25) is 0 Å². The highest BCUT2D eigenvalue weighted by Gasteiger charge is 2.08. The van der Waals surface area contributed by atoms with Gasteiger partial charge in [-0.05, 0) is 34.1 Å². The monoisotopic (exact) mass is 280 g/mol. The summed E-state index contributed by atoms with van der Waals surface area (Å²) in [5.41, 5.74) is 1.02. The van der Waals surface area contributed by atoms with Crippen molar-refractivity contribution < 1.29 is 4.79 Å². The Hall–Kier alpha value is -1.69. The fourth-order valence-electron chi connectivity index (χ4n) is 1.18. The summed E-state index contributed by atoms with van der Waals surface area (Å²) in [4.78, 5) is 15.7. The predicted octanol–water partition coefficient (Wildman–Crippen LogP) is 1.83. The molecule has 0 aliphatic carbocycles. The number of anilines is 1. The van der Waals surface area contributed by atoms with Gasteiger partial charge in [0.1, 0.15) is 4.60 Å². The second-order valence-electron chi connectivity index (χ2n) is 3.20. The first-order valence-corrected chi connectivity index (χ1v) is 5.37. The van der Waals surface area contributed by atoms with Crippen molar-refractivity contribution >= 4 is 27.5 Å². The molecule has 2 aromatic rings. The van der Waals surface area contributed by atoms with E-state index in [1.807, 2.05) is 0 Å². The summed E-state index contributed by atoms with van der Waals surface area (Å²) in [6.07, 6.45) is 3.29. The first-order chi connectivity index (χ1) is 7.65. The van der Waals surface area contributed by atoms with Crippen molar-refractivity contribution in [3.63, 3.8) is 0 Å². The van der Waals surface area contributed by atoms with Crippen LogP contribution in [-0.4, -0.2) is 20.7 Å². The summed E-state index contributed by atoms with van der Waals surface area (Å²) in [5.74, 6) is -0.246. The Labute approximate surface area is 101 Å². The van der Waals surface area contributed by atoms with Crippen LogP contribution in [0.5, 0.6) is 0 Å². The van der Waals surface area contributed by atoms with Crippen molar-refractivity contribution in [3.05, 3.63) is 40.9 Å². The minimum Gasteiger partial charge on any atom is -0.319 e. The van der Waals surface area contributed by atoms with E-state index in [2.05, 4.69) is 31.3 Å². The Bertz CT molecular complexity index is 506. The molecule has 2 aromatic heterocycles. The topological polar surface area (TPSA) is 59.8 Å². The minimum atomic E-state index is -0.246. The third kappa shape index (κ3) is 2.46. The molecule has 82 valence electrons. The SMILES string of the molecule is Cn1ccc(C(=O)Nc2ccc(Br)nc2)n1. The molecular weight excluding hydrogens is 272 g/mol. The Morgan fingerprint density at radius 2 is 2.25 bits per heavy atom. The third-order valence-electron chi connectivity index (χ3n) is 1.93.